The lowest BCUT2D eigenvalue weighted by molar-refractivity contribution is 0.472. The monoisotopic (exact) mass is 322 g/mol. The Morgan fingerprint density at radius 1 is 0.833 bits per heavy atom. The Morgan fingerprint density at radius 2 is 1.38 bits per heavy atom. The largest absolute Gasteiger partial charge is 0.507 e. The Morgan fingerprint density at radius 3 is 1.96 bits per heavy atom. The molecule has 2 aromatic rings. The van der Waals surface area contributed by atoms with Crippen LogP contribution in [0.15, 0.2) is 59.7 Å². The maximum absolute atomic E-state index is 10.0. The van der Waals surface area contributed by atoms with Gasteiger partial charge in [-0.15, -0.1) is 0 Å². The van der Waals surface area contributed by atoms with Gasteiger partial charge in [-0.05, 0) is 48.3 Å². The molecule has 0 aliphatic heterocycles. The molecule has 0 aromatic heterocycles. The topological polar surface area (TPSA) is 92.5 Å². The summed E-state index contributed by atoms with van der Waals surface area (Å²) in [7, 11) is 0. The van der Waals surface area contributed by atoms with Gasteiger partial charge in [0.15, 0.2) is 0 Å². The number of para-hydroxylation sites is 2. The molecule has 1 fully saturated rings. The highest BCUT2D eigenvalue weighted by Gasteiger charge is 2.26. The summed E-state index contributed by atoms with van der Waals surface area (Å²) < 4.78 is 0. The minimum Gasteiger partial charge on any atom is -0.507 e. The van der Waals surface area contributed by atoms with Crippen LogP contribution in [0.2, 0.25) is 0 Å². The van der Waals surface area contributed by atoms with Crippen LogP contribution in [0.5, 0.6) is 11.5 Å². The molecule has 0 heterocycles. The molecule has 4 heteroatoms. The minimum absolute atomic E-state index is 0.122. The molecule has 24 heavy (non-hydrogen) atoms. The van der Waals surface area contributed by atoms with E-state index in [0.717, 1.165) is 29.6 Å². The second-order valence-corrected chi connectivity index (χ2v) is 6.12. The molecular formula is C20H22N2O2. The van der Waals surface area contributed by atoms with Crippen LogP contribution in [0, 0.1) is 0 Å². The summed E-state index contributed by atoms with van der Waals surface area (Å²) in [5, 5.41) is 20.1. The summed E-state index contributed by atoms with van der Waals surface area (Å²) in [6.07, 6.45) is 5.42. The molecule has 0 spiro atoms. The molecule has 4 nitrogen and oxygen atoms in total. The first-order chi connectivity index (χ1) is 11.6. The average molecular weight is 322 g/mol. The number of aromatic hydroxyl groups is 2. The Hall–Kier alpha value is -2.56. The van der Waals surface area contributed by atoms with E-state index >= 15 is 0 Å². The van der Waals surface area contributed by atoms with Crippen LogP contribution in [0.4, 0.5) is 0 Å². The van der Waals surface area contributed by atoms with Crippen molar-refractivity contribution in [3.05, 3.63) is 70.8 Å². The lowest BCUT2D eigenvalue weighted by Crippen LogP contribution is -2.45. The van der Waals surface area contributed by atoms with Crippen LogP contribution in [0.1, 0.15) is 24.0 Å². The molecular weight excluding hydrogens is 300 g/mol. The quantitative estimate of drug-likeness (QED) is 0.684. The standard InChI is InChI=1S/C20H22N2O2/c21-17-10-9-13(11-14-5-1-3-7-18(14)23)16(20(17)22)12-15-6-2-4-8-19(15)24/h1-8,11-12,17,20,23-24H,9-10,21-22H2/b13-11-,16-12-. The molecule has 2 unspecified atom stereocenters. The van der Waals surface area contributed by atoms with Crippen molar-refractivity contribution in [3.63, 3.8) is 0 Å². The van der Waals surface area contributed by atoms with E-state index in [1.54, 1.807) is 24.3 Å². The van der Waals surface area contributed by atoms with Crippen molar-refractivity contribution in [2.24, 2.45) is 11.5 Å². The van der Waals surface area contributed by atoms with E-state index in [1.807, 2.05) is 36.4 Å². The van der Waals surface area contributed by atoms with E-state index in [2.05, 4.69) is 0 Å². The zero-order valence-corrected chi connectivity index (χ0v) is 13.4. The predicted octanol–water partition coefficient (Wildman–Crippen LogP) is 3.01. The van der Waals surface area contributed by atoms with E-state index in [9.17, 15) is 10.2 Å². The van der Waals surface area contributed by atoms with Crippen LogP contribution in [0.25, 0.3) is 12.2 Å². The minimum atomic E-state index is -0.310. The van der Waals surface area contributed by atoms with Gasteiger partial charge in [-0.3, -0.25) is 0 Å². The zero-order valence-electron chi connectivity index (χ0n) is 13.4. The van der Waals surface area contributed by atoms with Gasteiger partial charge in [-0.2, -0.15) is 0 Å². The smallest absolute Gasteiger partial charge is 0.122 e. The van der Waals surface area contributed by atoms with Gasteiger partial charge in [0.25, 0.3) is 0 Å². The molecule has 2 aromatic carbocycles. The molecule has 2 atom stereocenters. The van der Waals surface area contributed by atoms with Crippen molar-refractivity contribution in [1.29, 1.82) is 0 Å². The van der Waals surface area contributed by atoms with Crippen molar-refractivity contribution in [2.45, 2.75) is 24.9 Å². The highest BCUT2D eigenvalue weighted by atomic mass is 16.3. The second-order valence-electron chi connectivity index (χ2n) is 6.12. The van der Waals surface area contributed by atoms with Crippen LogP contribution >= 0.6 is 0 Å². The van der Waals surface area contributed by atoms with Crippen molar-refractivity contribution in [2.75, 3.05) is 0 Å². The summed E-state index contributed by atoms with van der Waals surface area (Å²) in [5.74, 6) is 0.439. The number of benzene rings is 2. The summed E-state index contributed by atoms with van der Waals surface area (Å²) in [6, 6.07) is 13.9. The number of nitrogens with two attached hydrogens (primary N) is 2. The van der Waals surface area contributed by atoms with Gasteiger partial charge in [0.2, 0.25) is 0 Å². The fraction of sp³-hybridized carbons (Fsp3) is 0.200. The molecule has 1 aliphatic carbocycles. The van der Waals surface area contributed by atoms with Crippen LogP contribution < -0.4 is 11.5 Å². The third-order valence-electron chi connectivity index (χ3n) is 4.45. The van der Waals surface area contributed by atoms with Gasteiger partial charge < -0.3 is 21.7 Å². The fourth-order valence-corrected chi connectivity index (χ4v) is 3.01. The maximum Gasteiger partial charge on any atom is 0.122 e. The summed E-state index contributed by atoms with van der Waals surface area (Å²) in [6.45, 7) is 0. The highest BCUT2D eigenvalue weighted by Crippen LogP contribution is 2.33. The Bertz CT molecular complexity index is 796. The molecule has 1 saturated carbocycles. The van der Waals surface area contributed by atoms with Gasteiger partial charge >= 0.3 is 0 Å². The van der Waals surface area contributed by atoms with Crippen LogP contribution in [-0.4, -0.2) is 22.3 Å². The third-order valence-corrected chi connectivity index (χ3v) is 4.45. The van der Waals surface area contributed by atoms with E-state index < -0.39 is 0 Å². The number of rotatable bonds is 2. The van der Waals surface area contributed by atoms with Crippen molar-refractivity contribution < 1.29 is 10.2 Å². The van der Waals surface area contributed by atoms with E-state index in [-0.39, 0.29) is 23.6 Å². The van der Waals surface area contributed by atoms with Gasteiger partial charge in [-0.1, -0.05) is 36.4 Å². The van der Waals surface area contributed by atoms with Gasteiger partial charge in [0, 0.05) is 23.2 Å². The highest BCUT2D eigenvalue weighted by molar-refractivity contribution is 5.71. The number of hydrogen-bond acceptors (Lipinski definition) is 4. The molecule has 6 N–H and O–H groups in total. The van der Waals surface area contributed by atoms with Crippen molar-refractivity contribution >= 4 is 12.2 Å². The van der Waals surface area contributed by atoms with Crippen LogP contribution in [-0.2, 0) is 0 Å². The average Bonchev–Trinajstić information content (AvgIpc) is 2.58. The molecule has 1 aliphatic rings. The number of phenols is 2. The second kappa shape index (κ2) is 6.91. The molecule has 0 amide bonds. The predicted molar refractivity (Wildman–Crippen MR) is 97.4 cm³/mol. The zero-order chi connectivity index (χ0) is 17.1. The first kappa shape index (κ1) is 16.3. The third kappa shape index (κ3) is 3.35. The van der Waals surface area contributed by atoms with Crippen molar-refractivity contribution in [1.82, 2.24) is 0 Å². The maximum atomic E-state index is 10.0. The lowest BCUT2D eigenvalue weighted by atomic mass is 9.81. The summed E-state index contributed by atoms with van der Waals surface area (Å²) in [5.41, 5.74) is 15.9. The molecule has 0 saturated heterocycles. The summed E-state index contributed by atoms with van der Waals surface area (Å²) >= 11 is 0. The first-order valence-corrected chi connectivity index (χ1v) is 8.06. The van der Waals surface area contributed by atoms with Crippen molar-refractivity contribution in [3.8, 4) is 11.5 Å². The Balaban J connectivity index is 2.07. The van der Waals surface area contributed by atoms with E-state index in [1.165, 1.54) is 0 Å². The first-order valence-electron chi connectivity index (χ1n) is 8.06. The van der Waals surface area contributed by atoms with E-state index in [4.69, 9.17) is 11.5 Å². The van der Waals surface area contributed by atoms with Gasteiger partial charge in [0.1, 0.15) is 11.5 Å². The number of phenolic OH excluding ortho intramolecular Hbond substituents is 2. The Kier molecular flexibility index (Phi) is 4.69. The van der Waals surface area contributed by atoms with E-state index in [0.29, 0.717) is 5.56 Å². The number of hydrogen-bond donors (Lipinski definition) is 4. The Labute approximate surface area is 141 Å². The molecule has 124 valence electrons. The van der Waals surface area contributed by atoms with Gasteiger partial charge in [0.05, 0.1) is 0 Å². The lowest BCUT2D eigenvalue weighted by Gasteiger charge is -2.31. The molecule has 0 radical (unpaired) electrons. The van der Waals surface area contributed by atoms with Gasteiger partial charge in [-0.25, -0.2) is 0 Å². The normalized spacial score (nSPS) is 24.4. The molecule has 3 rings (SSSR count). The SMILES string of the molecule is NC1CCC(=C/c2ccccc2O)/C(=C/c2ccccc2O)C1N. The summed E-state index contributed by atoms with van der Waals surface area (Å²) in [4.78, 5) is 0. The molecule has 0 bridgehead atoms. The fourth-order valence-electron chi connectivity index (χ4n) is 3.01. The van der Waals surface area contributed by atoms with Crippen LogP contribution in [0.3, 0.4) is 0 Å².